The second-order valence-corrected chi connectivity index (χ2v) is 27.9. The minimum atomic E-state index is -3.94. The van der Waals surface area contributed by atoms with E-state index in [9.17, 15) is 27.6 Å². The first kappa shape index (κ1) is 65.8. The van der Waals surface area contributed by atoms with Gasteiger partial charge in [-0.05, 0) is 132 Å². The summed E-state index contributed by atoms with van der Waals surface area (Å²) < 4.78 is 75.8. The first-order valence-electron chi connectivity index (χ1n) is 29.1. The highest BCUT2D eigenvalue weighted by Crippen LogP contribution is 2.45. The summed E-state index contributed by atoms with van der Waals surface area (Å²) in [5.41, 5.74) is 13.7. The average molecular weight is 1200 g/mol. The molecule has 20 heteroatoms. The van der Waals surface area contributed by atoms with Crippen molar-refractivity contribution in [2.45, 2.75) is 156 Å². The second kappa shape index (κ2) is 26.5. The van der Waals surface area contributed by atoms with Gasteiger partial charge in [0.2, 0.25) is 10.0 Å². The molecular formula is C66H85N5O14S. The number of rotatable bonds is 19. The monoisotopic (exact) mass is 1200 g/mol. The molecular weight excluding hydrogens is 1120 g/mol. The number of hydrogen-bond acceptors (Lipinski definition) is 17. The van der Waals surface area contributed by atoms with Gasteiger partial charge in [0.1, 0.15) is 27.9 Å². The molecule has 0 aliphatic heterocycles. The number of hydrogen-bond donors (Lipinski definition) is 2. The first-order chi connectivity index (χ1) is 40.2. The summed E-state index contributed by atoms with van der Waals surface area (Å²) in [5, 5.41) is 7.81. The van der Waals surface area contributed by atoms with Gasteiger partial charge in [0, 0.05) is 39.8 Å². The molecule has 5 aromatic carbocycles. The molecule has 2 N–H and O–H groups in total. The van der Waals surface area contributed by atoms with Crippen LogP contribution in [0.5, 0.6) is 23.0 Å². The molecule has 8 bridgehead atoms. The maximum atomic E-state index is 14.3. The van der Waals surface area contributed by atoms with Crippen molar-refractivity contribution in [3.63, 3.8) is 0 Å². The number of nitrogens with zero attached hydrogens (tertiary/aromatic N) is 3. The summed E-state index contributed by atoms with van der Waals surface area (Å²) in [6.45, 7) is 29.4. The highest BCUT2D eigenvalue weighted by molar-refractivity contribution is 7.89. The number of fused-ring (bicyclic) bond motifs is 9. The Bertz CT molecular complexity index is 3480. The van der Waals surface area contributed by atoms with Crippen molar-refractivity contribution in [1.82, 2.24) is 20.0 Å². The molecule has 19 nitrogen and oxygen atoms in total. The van der Waals surface area contributed by atoms with Gasteiger partial charge in [-0.2, -0.15) is 0 Å². The average Bonchev–Trinajstić information content (AvgIpc) is 1.12. The minimum Gasteiger partial charge on any atom is -0.483 e. The molecule has 1 amide bonds. The van der Waals surface area contributed by atoms with Crippen LogP contribution < -0.4 is 29.8 Å². The predicted octanol–water partition coefficient (Wildman–Crippen LogP) is 10.7. The van der Waals surface area contributed by atoms with Crippen molar-refractivity contribution in [2.24, 2.45) is 0 Å². The first-order valence-corrected chi connectivity index (χ1v) is 30.5. The van der Waals surface area contributed by atoms with Crippen molar-refractivity contribution in [3.05, 3.63) is 127 Å². The smallest absolute Gasteiger partial charge is 0.344 e. The molecule has 0 saturated heterocycles. The fourth-order valence-electron chi connectivity index (χ4n) is 10.0. The largest absolute Gasteiger partial charge is 0.483 e. The van der Waals surface area contributed by atoms with Crippen molar-refractivity contribution < 1.29 is 65.4 Å². The van der Waals surface area contributed by atoms with Gasteiger partial charge in [-0.15, -0.1) is 0 Å². The van der Waals surface area contributed by atoms with E-state index in [4.69, 9.17) is 37.8 Å². The van der Waals surface area contributed by atoms with E-state index in [0.29, 0.717) is 45.3 Å². The van der Waals surface area contributed by atoms with Crippen molar-refractivity contribution >= 4 is 50.6 Å². The van der Waals surface area contributed by atoms with E-state index in [2.05, 4.69) is 153 Å². The number of hydrazine groups is 1. The van der Waals surface area contributed by atoms with E-state index in [-0.39, 0.29) is 73.7 Å². The molecule has 0 atom stereocenters. The molecule has 0 saturated carbocycles. The lowest BCUT2D eigenvalue weighted by molar-refractivity contribution is -0.146. The maximum absolute atomic E-state index is 14.3. The van der Waals surface area contributed by atoms with E-state index in [0.717, 1.165) is 48.8 Å². The van der Waals surface area contributed by atoms with Crippen LogP contribution in [0.15, 0.2) is 70.2 Å². The number of sulfonamides is 1. The molecule has 464 valence electrons. The zero-order valence-electron chi connectivity index (χ0n) is 53.0. The lowest BCUT2D eigenvalue weighted by Crippen LogP contribution is -2.34. The van der Waals surface area contributed by atoms with Gasteiger partial charge in [-0.3, -0.25) is 15.6 Å². The third-order valence-corrected chi connectivity index (χ3v) is 16.5. The van der Waals surface area contributed by atoms with Gasteiger partial charge < -0.3 is 33.2 Å². The number of benzene rings is 5. The number of carbonyl (C=O) groups is 4. The van der Waals surface area contributed by atoms with Gasteiger partial charge in [-0.1, -0.05) is 132 Å². The molecule has 1 aliphatic carbocycles. The van der Waals surface area contributed by atoms with E-state index >= 15 is 0 Å². The van der Waals surface area contributed by atoms with Crippen LogP contribution in [-0.2, 0) is 90.8 Å². The van der Waals surface area contributed by atoms with Gasteiger partial charge in [0.15, 0.2) is 37.5 Å². The van der Waals surface area contributed by atoms with Crippen LogP contribution in [0.25, 0.3) is 11.0 Å². The van der Waals surface area contributed by atoms with Crippen LogP contribution in [0.4, 0.5) is 5.69 Å². The van der Waals surface area contributed by atoms with Gasteiger partial charge in [-0.25, -0.2) is 31.7 Å². The van der Waals surface area contributed by atoms with E-state index in [1.165, 1.54) is 26.2 Å². The normalized spacial score (nSPS) is 13.0. The Hall–Kier alpha value is -7.71. The quantitative estimate of drug-likeness (QED) is 0.0435. The Morgan fingerprint density at radius 3 is 1.05 bits per heavy atom. The predicted molar refractivity (Wildman–Crippen MR) is 328 cm³/mol. The summed E-state index contributed by atoms with van der Waals surface area (Å²) in [6.07, 6.45) is 0.746. The minimum absolute atomic E-state index is 0.0347. The Kier molecular flexibility index (Phi) is 20.3. The molecule has 0 spiro atoms. The fraction of sp³-hybridized carbons (Fsp3) is 0.485. The van der Waals surface area contributed by atoms with Crippen LogP contribution in [-0.4, -0.2) is 107 Å². The lowest BCUT2D eigenvalue weighted by Gasteiger charge is -2.29. The molecule has 1 aromatic heterocycles. The summed E-state index contributed by atoms with van der Waals surface area (Å²) in [7, 11) is -1.15. The van der Waals surface area contributed by atoms with Crippen LogP contribution in [0, 0.1) is 0 Å². The number of amides is 1. The maximum Gasteiger partial charge on any atom is 0.344 e. The Morgan fingerprint density at radius 1 is 0.477 bits per heavy atom. The Labute approximate surface area is 506 Å². The topological polar surface area (TPSA) is 233 Å². The van der Waals surface area contributed by atoms with E-state index in [1.807, 2.05) is 0 Å². The van der Waals surface area contributed by atoms with Crippen LogP contribution >= 0.6 is 0 Å². The Balaban J connectivity index is 1.53. The summed E-state index contributed by atoms with van der Waals surface area (Å²) in [5.74, 6) is -0.577. The molecule has 0 unspecified atom stereocenters. The number of ether oxygens (including phenoxy) is 7. The summed E-state index contributed by atoms with van der Waals surface area (Å²) in [4.78, 5) is 54.2. The highest BCUT2D eigenvalue weighted by Gasteiger charge is 2.31. The number of aromatic nitrogens is 2. The van der Waals surface area contributed by atoms with Gasteiger partial charge in [0.25, 0.3) is 5.91 Å². The van der Waals surface area contributed by atoms with Crippen LogP contribution in [0.3, 0.4) is 0 Å². The van der Waals surface area contributed by atoms with E-state index in [1.54, 1.807) is 20.8 Å². The molecule has 0 radical (unpaired) electrons. The second-order valence-electron chi connectivity index (χ2n) is 25.8. The van der Waals surface area contributed by atoms with E-state index < -0.39 is 75.3 Å². The van der Waals surface area contributed by atoms with Crippen molar-refractivity contribution in [1.29, 1.82) is 0 Å². The molecule has 7 rings (SSSR count). The fourth-order valence-corrected chi connectivity index (χ4v) is 11.0. The molecule has 86 heavy (non-hydrogen) atoms. The van der Waals surface area contributed by atoms with Crippen molar-refractivity contribution in [3.8, 4) is 23.0 Å². The number of carbonyl (C=O) groups excluding carboxylic acids is 4. The van der Waals surface area contributed by atoms with Crippen LogP contribution in [0.2, 0.25) is 0 Å². The number of anilines is 1. The standard InChI is InChI=1S/C66H85N5O14S/c1-18-78-54(73)36-82-60-41-23-39-27-47(63(4,5)6)28-40(59(39)81-35-53(72)68-67-51-21-22-52(86(76,77)71(16)17)58-57(51)69-85-70-58)24-42-30-49(65(10,11)12)32-44(61(42)83-37-55(74)79-19-2)26-46-34-50(66(13,14)15)33-45(62(46)84-38-56(75)80-20-3)25-43(60)31-48(29-41)64(7,8)9/h21-22,27-34,67H,18-20,23-26,35-38H2,1-17H3,(H,68,72). The number of nitrogens with one attached hydrogen (secondary N) is 2. The van der Waals surface area contributed by atoms with Gasteiger partial charge >= 0.3 is 17.9 Å². The molecule has 6 aromatic rings. The third kappa shape index (κ3) is 15.8. The molecule has 1 aliphatic rings. The van der Waals surface area contributed by atoms with Crippen LogP contribution in [0.1, 0.15) is 171 Å². The van der Waals surface area contributed by atoms with Gasteiger partial charge in [0.05, 0.1) is 25.5 Å². The summed E-state index contributed by atoms with van der Waals surface area (Å²) >= 11 is 0. The zero-order valence-corrected chi connectivity index (χ0v) is 53.8. The molecule has 0 fully saturated rings. The SMILES string of the molecule is CCOC(=O)COc1c2cc(C(C)(C)C)cc1Cc1cc(C(C)(C)C)cc(c1OCC(=O)OCC)Cc1cc(C(C)(C)C)cc(c1OCC(=O)OCC)Cc1cc(C(C)(C)C)cc(c1OCC(=O)NNc1ccc(S(=O)(=O)N(C)C)c3nonc13)C2. The third-order valence-electron chi connectivity index (χ3n) is 14.7. The number of esters is 3. The molecule has 1 heterocycles. The summed E-state index contributed by atoms with van der Waals surface area (Å²) in [6, 6.07) is 19.5. The lowest BCUT2D eigenvalue weighted by atomic mass is 9.79. The highest BCUT2D eigenvalue weighted by atomic mass is 32.2. The zero-order chi connectivity index (χ0) is 63.3. The Morgan fingerprint density at radius 2 is 0.767 bits per heavy atom. The van der Waals surface area contributed by atoms with Crippen molar-refractivity contribution in [2.75, 3.05) is 65.8 Å².